The second-order valence-electron chi connectivity index (χ2n) is 3.96. The molecule has 1 aliphatic rings. The van der Waals surface area contributed by atoms with Gasteiger partial charge in [0.15, 0.2) is 0 Å². The number of nitrogens with zero attached hydrogens (tertiary/aromatic N) is 2. The number of hydrogen-bond donors (Lipinski definition) is 0. The van der Waals surface area contributed by atoms with Gasteiger partial charge in [-0.3, -0.25) is 5.01 Å². The van der Waals surface area contributed by atoms with E-state index in [1.54, 1.807) is 0 Å². The molecule has 1 heterocycles. The molecule has 0 amide bonds. The molecule has 0 saturated heterocycles. The minimum absolute atomic E-state index is 1.02. The summed E-state index contributed by atoms with van der Waals surface area (Å²) in [6, 6.07) is 4.44. The first-order valence-corrected chi connectivity index (χ1v) is 5.06. The Hall–Kier alpha value is -1.31. The van der Waals surface area contributed by atoms with Crippen molar-refractivity contribution >= 4 is 11.9 Å². The van der Waals surface area contributed by atoms with Gasteiger partial charge in [0, 0.05) is 19.2 Å². The highest BCUT2D eigenvalue weighted by molar-refractivity contribution is 5.68. The van der Waals surface area contributed by atoms with Gasteiger partial charge in [-0.15, -0.1) is 0 Å². The summed E-state index contributed by atoms with van der Waals surface area (Å²) in [6.07, 6.45) is 3.05. The van der Waals surface area contributed by atoms with Crippen LogP contribution >= 0.6 is 0 Å². The topological polar surface area (TPSA) is 15.6 Å². The zero-order valence-corrected chi connectivity index (χ0v) is 9.04. The molecule has 0 saturated carbocycles. The Labute approximate surface area is 85.2 Å². The molecule has 0 aromatic heterocycles. The second-order valence-corrected chi connectivity index (χ2v) is 3.96. The Balaban J connectivity index is 2.46. The lowest BCUT2D eigenvalue weighted by atomic mass is 10.0. The van der Waals surface area contributed by atoms with Crippen LogP contribution in [0.15, 0.2) is 17.2 Å². The molecular formula is C12H16N2. The van der Waals surface area contributed by atoms with Crippen molar-refractivity contribution in [1.29, 1.82) is 0 Å². The van der Waals surface area contributed by atoms with E-state index in [4.69, 9.17) is 0 Å². The summed E-state index contributed by atoms with van der Waals surface area (Å²) >= 11 is 0. The number of benzene rings is 1. The van der Waals surface area contributed by atoms with Gasteiger partial charge in [0.1, 0.15) is 0 Å². The maximum Gasteiger partial charge on any atom is 0.0652 e. The molecule has 14 heavy (non-hydrogen) atoms. The van der Waals surface area contributed by atoms with Gasteiger partial charge in [-0.2, -0.15) is 5.10 Å². The maximum absolute atomic E-state index is 4.37. The molecule has 0 N–H and O–H groups in total. The molecule has 1 aromatic rings. The fourth-order valence-corrected chi connectivity index (χ4v) is 2.14. The molecule has 1 aliphatic heterocycles. The van der Waals surface area contributed by atoms with Gasteiger partial charge < -0.3 is 0 Å². The molecule has 0 atom stereocenters. The fourth-order valence-electron chi connectivity index (χ4n) is 2.14. The van der Waals surface area contributed by atoms with Gasteiger partial charge in [-0.1, -0.05) is 17.7 Å². The minimum atomic E-state index is 1.02. The van der Waals surface area contributed by atoms with Crippen LogP contribution < -0.4 is 5.01 Å². The van der Waals surface area contributed by atoms with Crippen LogP contribution in [-0.4, -0.2) is 12.8 Å². The fraction of sp³-hybridized carbons (Fsp3) is 0.417. The average Bonchev–Trinajstić information content (AvgIpc) is 2.54. The van der Waals surface area contributed by atoms with E-state index < -0.39 is 0 Å². The molecule has 1 aromatic carbocycles. The number of hydrazone groups is 1. The van der Waals surface area contributed by atoms with E-state index >= 15 is 0 Å². The SMILES string of the molecule is Cc1cc(C)c(N2CCC=N2)c(C)c1. The molecule has 0 bridgehead atoms. The van der Waals surface area contributed by atoms with Crippen LogP contribution in [0, 0.1) is 20.8 Å². The van der Waals surface area contributed by atoms with Crippen LogP contribution in [0.2, 0.25) is 0 Å². The van der Waals surface area contributed by atoms with Crippen molar-refractivity contribution in [2.45, 2.75) is 27.2 Å². The minimum Gasteiger partial charge on any atom is -0.265 e. The quantitative estimate of drug-likeness (QED) is 0.661. The van der Waals surface area contributed by atoms with Crippen molar-refractivity contribution in [3.8, 4) is 0 Å². The van der Waals surface area contributed by atoms with E-state index in [0.29, 0.717) is 0 Å². The van der Waals surface area contributed by atoms with Crippen molar-refractivity contribution in [2.75, 3.05) is 11.6 Å². The third-order valence-corrected chi connectivity index (χ3v) is 2.58. The summed E-state index contributed by atoms with van der Waals surface area (Å²) in [5.74, 6) is 0. The molecule has 0 unspecified atom stereocenters. The van der Waals surface area contributed by atoms with Crippen LogP contribution in [0.4, 0.5) is 5.69 Å². The highest BCUT2D eigenvalue weighted by Gasteiger charge is 2.13. The van der Waals surface area contributed by atoms with Crippen LogP contribution in [0.3, 0.4) is 0 Å². The summed E-state index contributed by atoms with van der Waals surface area (Å²) in [5.41, 5.74) is 5.25. The normalized spacial score (nSPS) is 15.2. The van der Waals surface area contributed by atoms with Crippen molar-refractivity contribution < 1.29 is 0 Å². The van der Waals surface area contributed by atoms with Crippen molar-refractivity contribution in [1.82, 2.24) is 0 Å². The molecular weight excluding hydrogens is 172 g/mol. The maximum atomic E-state index is 4.37. The van der Waals surface area contributed by atoms with Crippen LogP contribution in [-0.2, 0) is 0 Å². The van der Waals surface area contributed by atoms with Crippen LogP contribution in [0.5, 0.6) is 0 Å². The van der Waals surface area contributed by atoms with Crippen LogP contribution in [0.1, 0.15) is 23.1 Å². The Bertz CT molecular complexity index is 357. The van der Waals surface area contributed by atoms with E-state index in [1.165, 1.54) is 22.4 Å². The standard InChI is InChI=1S/C12H16N2/c1-9-7-10(2)12(11(3)8-9)14-6-4-5-13-14/h5,7-8H,4,6H2,1-3H3. The van der Waals surface area contributed by atoms with E-state index in [-0.39, 0.29) is 0 Å². The lowest BCUT2D eigenvalue weighted by Crippen LogP contribution is -2.14. The van der Waals surface area contributed by atoms with Crippen molar-refractivity contribution in [2.24, 2.45) is 5.10 Å². The van der Waals surface area contributed by atoms with Gasteiger partial charge >= 0.3 is 0 Å². The third kappa shape index (κ3) is 1.52. The average molecular weight is 188 g/mol. The Morgan fingerprint density at radius 3 is 2.29 bits per heavy atom. The monoisotopic (exact) mass is 188 g/mol. The molecule has 0 aliphatic carbocycles. The molecule has 2 rings (SSSR count). The number of aryl methyl sites for hydroxylation is 3. The van der Waals surface area contributed by atoms with E-state index in [0.717, 1.165) is 13.0 Å². The molecule has 74 valence electrons. The summed E-state index contributed by atoms with van der Waals surface area (Å²) in [4.78, 5) is 0. The number of hydrogen-bond acceptors (Lipinski definition) is 2. The molecule has 2 heteroatoms. The summed E-state index contributed by atoms with van der Waals surface area (Å²) in [5, 5.41) is 6.47. The predicted molar refractivity (Wildman–Crippen MR) is 61.1 cm³/mol. The Morgan fingerprint density at radius 1 is 1.14 bits per heavy atom. The lowest BCUT2D eigenvalue weighted by Gasteiger charge is -2.19. The summed E-state index contributed by atoms with van der Waals surface area (Å²) in [7, 11) is 0. The Morgan fingerprint density at radius 2 is 1.79 bits per heavy atom. The largest absolute Gasteiger partial charge is 0.265 e. The first-order valence-electron chi connectivity index (χ1n) is 5.06. The summed E-state index contributed by atoms with van der Waals surface area (Å²) < 4.78 is 0. The van der Waals surface area contributed by atoms with E-state index in [9.17, 15) is 0 Å². The Kier molecular flexibility index (Phi) is 2.28. The van der Waals surface area contributed by atoms with Gasteiger partial charge in [0.25, 0.3) is 0 Å². The van der Waals surface area contributed by atoms with Gasteiger partial charge in [-0.05, 0) is 31.9 Å². The smallest absolute Gasteiger partial charge is 0.0652 e. The molecule has 2 nitrogen and oxygen atoms in total. The first-order chi connectivity index (χ1) is 6.68. The highest BCUT2D eigenvalue weighted by Crippen LogP contribution is 2.27. The molecule has 0 spiro atoms. The van der Waals surface area contributed by atoms with Crippen LogP contribution in [0.25, 0.3) is 0 Å². The van der Waals surface area contributed by atoms with Gasteiger partial charge in [-0.25, -0.2) is 0 Å². The third-order valence-electron chi connectivity index (χ3n) is 2.58. The predicted octanol–water partition coefficient (Wildman–Crippen LogP) is 2.81. The second kappa shape index (κ2) is 3.45. The zero-order chi connectivity index (χ0) is 10.1. The first kappa shape index (κ1) is 9.25. The summed E-state index contributed by atoms with van der Waals surface area (Å²) in [6.45, 7) is 7.47. The van der Waals surface area contributed by atoms with Crippen molar-refractivity contribution in [3.05, 3.63) is 28.8 Å². The van der Waals surface area contributed by atoms with E-state index in [2.05, 4.69) is 43.0 Å². The lowest BCUT2D eigenvalue weighted by molar-refractivity contribution is 0.909. The number of anilines is 1. The highest BCUT2D eigenvalue weighted by atomic mass is 15.5. The molecule has 0 fully saturated rings. The van der Waals surface area contributed by atoms with Gasteiger partial charge in [0.2, 0.25) is 0 Å². The number of rotatable bonds is 1. The zero-order valence-electron chi connectivity index (χ0n) is 9.04. The van der Waals surface area contributed by atoms with Crippen molar-refractivity contribution in [3.63, 3.8) is 0 Å². The molecule has 0 radical (unpaired) electrons. The van der Waals surface area contributed by atoms with E-state index in [1.807, 2.05) is 6.21 Å². The van der Waals surface area contributed by atoms with Gasteiger partial charge in [0.05, 0.1) is 5.69 Å².